The van der Waals surface area contributed by atoms with Crippen molar-refractivity contribution < 1.29 is 4.79 Å². The molecule has 1 N–H and O–H groups in total. The summed E-state index contributed by atoms with van der Waals surface area (Å²) in [7, 11) is 0. The van der Waals surface area contributed by atoms with Gasteiger partial charge in [0.1, 0.15) is 6.04 Å². The van der Waals surface area contributed by atoms with E-state index in [1.807, 2.05) is 35.2 Å². The largest absolute Gasteiger partial charge is 0.325 e. The summed E-state index contributed by atoms with van der Waals surface area (Å²) in [5.74, 6) is 0.184. The maximum atomic E-state index is 12.5. The number of carbonyl (C=O) groups excluding carboxylic acids is 1. The summed E-state index contributed by atoms with van der Waals surface area (Å²) < 4.78 is 0. The Bertz CT molecular complexity index is 422. The van der Waals surface area contributed by atoms with Gasteiger partial charge in [0, 0.05) is 6.04 Å². The minimum Gasteiger partial charge on any atom is -0.325 e. The van der Waals surface area contributed by atoms with E-state index >= 15 is 0 Å². The lowest BCUT2D eigenvalue weighted by Crippen LogP contribution is -2.43. The van der Waals surface area contributed by atoms with Crippen LogP contribution in [0.25, 0.3) is 0 Å². The molecule has 1 aliphatic heterocycles. The smallest absolute Gasteiger partial charge is 0.245 e. The molecule has 3 nitrogen and oxygen atoms in total. The van der Waals surface area contributed by atoms with E-state index in [1.165, 1.54) is 0 Å². The van der Waals surface area contributed by atoms with Crippen molar-refractivity contribution in [1.29, 1.82) is 0 Å². The van der Waals surface area contributed by atoms with Crippen LogP contribution in [0.2, 0.25) is 0 Å². The minimum absolute atomic E-state index is 0.100. The molecule has 98 valence electrons. The van der Waals surface area contributed by atoms with Crippen LogP contribution in [0.15, 0.2) is 30.3 Å². The van der Waals surface area contributed by atoms with Gasteiger partial charge in [-0.3, -0.25) is 10.1 Å². The van der Waals surface area contributed by atoms with Crippen LogP contribution in [-0.2, 0) is 4.79 Å². The minimum atomic E-state index is -0.184. The average Bonchev–Trinajstić information content (AvgIpc) is 2.70. The number of amides is 1. The molecule has 2 unspecified atom stereocenters. The molecule has 0 aromatic heterocycles. The zero-order valence-corrected chi connectivity index (χ0v) is 11.6. The molecule has 3 heteroatoms. The third-order valence-corrected chi connectivity index (χ3v) is 3.85. The molecule has 0 radical (unpaired) electrons. The molecule has 0 spiro atoms. The molecule has 2 rings (SSSR count). The molecule has 1 heterocycles. The quantitative estimate of drug-likeness (QED) is 0.869. The van der Waals surface area contributed by atoms with Crippen molar-refractivity contribution in [2.45, 2.75) is 39.8 Å². The Kier molecular flexibility index (Phi) is 3.44. The van der Waals surface area contributed by atoms with Crippen LogP contribution < -0.4 is 5.32 Å². The second-order valence-electron chi connectivity index (χ2n) is 6.06. The Morgan fingerprint density at radius 3 is 2.44 bits per heavy atom. The molecule has 1 aromatic carbocycles. The van der Waals surface area contributed by atoms with E-state index in [0.29, 0.717) is 6.67 Å². The maximum absolute atomic E-state index is 12.5. The van der Waals surface area contributed by atoms with Crippen LogP contribution >= 0.6 is 0 Å². The number of nitrogens with one attached hydrogen (secondary N) is 1. The van der Waals surface area contributed by atoms with Gasteiger partial charge in [-0.25, -0.2) is 0 Å². The maximum Gasteiger partial charge on any atom is 0.245 e. The van der Waals surface area contributed by atoms with Gasteiger partial charge >= 0.3 is 0 Å². The molecule has 0 saturated carbocycles. The second-order valence-corrected chi connectivity index (χ2v) is 6.06. The van der Waals surface area contributed by atoms with Crippen molar-refractivity contribution in [2.24, 2.45) is 5.41 Å². The molecular weight excluding hydrogens is 224 g/mol. The van der Waals surface area contributed by atoms with Crippen molar-refractivity contribution in [2.75, 3.05) is 6.67 Å². The highest BCUT2D eigenvalue weighted by Crippen LogP contribution is 2.29. The molecule has 2 atom stereocenters. The van der Waals surface area contributed by atoms with Crippen molar-refractivity contribution >= 4 is 5.91 Å². The zero-order valence-electron chi connectivity index (χ0n) is 11.6. The molecule has 1 saturated heterocycles. The fraction of sp³-hybridized carbons (Fsp3) is 0.533. The molecule has 0 aliphatic carbocycles. The van der Waals surface area contributed by atoms with Gasteiger partial charge in [0.2, 0.25) is 5.91 Å². The second kappa shape index (κ2) is 4.73. The number of hydrogen-bond donors (Lipinski definition) is 1. The van der Waals surface area contributed by atoms with Gasteiger partial charge in [0.25, 0.3) is 0 Å². The van der Waals surface area contributed by atoms with E-state index in [0.717, 1.165) is 5.56 Å². The van der Waals surface area contributed by atoms with Crippen molar-refractivity contribution in [3.8, 4) is 0 Å². The van der Waals surface area contributed by atoms with E-state index < -0.39 is 0 Å². The topological polar surface area (TPSA) is 32.3 Å². The summed E-state index contributed by atoms with van der Waals surface area (Å²) in [6.45, 7) is 9.26. The molecular formula is C15H22N2O. The van der Waals surface area contributed by atoms with Crippen molar-refractivity contribution in [3.63, 3.8) is 0 Å². The first-order valence-electron chi connectivity index (χ1n) is 6.50. The van der Waals surface area contributed by atoms with Crippen LogP contribution in [0.1, 0.15) is 39.3 Å². The standard InChI is InChI=1S/C15H22N2O/c1-11(15(2,3)4)17-10-16-13(14(17)18)12-8-6-5-7-9-12/h5-9,11,13,16H,10H2,1-4H3. The van der Waals surface area contributed by atoms with Gasteiger partial charge in [-0.05, 0) is 17.9 Å². The first-order chi connectivity index (χ1) is 8.41. The Hall–Kier alpha value is -1.35. The molecule has 1 aromatic rings. The van der Waals surface area contributed by atoms with E-state index in [2.05, 4.69) is 33.0 Å². The first kappa shape index (κ1) is 13.1. The zero-order chi connectivity index (χ0) is 13.3. The predicted molar refractivity (Wildman–Crippen MR) is 72.9 cm³/mol. The predicted octanol–water partition coefficient (Wildman–Crippen LogP) is 2.55. The molecule has 0 bridgehead atoms. The summed E-state index contributed by atoms with van der Waals surface area (Å²) in [4.78, 5) is 14.4. The molecule has 18 heavy (non-hydrogen) atoms. The third kappa shape index (κ3) is 2.41. The molecule has 1 aliphatic rings. The lowest BCUT2D eigenvalue weighted by molar-refractivity contribution is -0.132. The fourth-order valence-corrected chi connectivity index (χ4v) is 2.22. The van der Waals surface area contributed by atoms with Gasteiger partial charge in [0.05, 0.1) is 6.67 Å². The van der Waals surface area contributed by atoms with Crippen LogP contribution in [0.3, 0.4) is 0 Å². The van der Waals surface area contributed by atoms with Crippen molar-refractivity contribution in [3.05, 3.63) is 35.9 Å². The summed E-state index contributed by atoms with van der Waals surface area (Å²) in [5.41, 5.74) is 1.15. The van der Waals surface area contributed by atoms with Crippen LogP contribution in [-0.4, -0.2) is 23.5 Å². The van der Waals surface area contributed by atoms with Crippen LogP contribution in [0, 0.1) is 5.41 Å². The average molecular weight is 246 g/mol. The SMILES string of the molecule is CC(N1CNC(c2ccccc2)C1=O)C(C)(C)C. The Morgan fingerprint density at radius 1 is 1.28 bits per heavy atom. The monoisotopic (exact) mass is 246 g/mol. The Labute approximate surface area is 109 Å². The van der Waals surface area contributed by atoms with Crippen LogP contribution in [0.5, 0.6) is 0 Å². The Balaban J connectivity index is 2.16. The third-order valence-electron chi connectivity index (χ3n) is 3.85. The normalized spacial score (nSPS) is 22.3. The number of nitrogens with zero attached hydrogens (tertiary/aromatic N) is 1. The highest BCUT2D eigenvalue weighted by atomic mass is 16.2. The summed E-state index contributed by atoms with van der Waals surface area (Å²) >= 11 is 0. The highest BCUT2D eigenvalue weighted by molar-refractivity contribution is 5.85. The summed E-state index contributed by atoms with van der Waals surface area (Å²) in [6, 6.07) is 9.96. The Morgan fingerprint density at radius 2 is 1.89 bits per heavy atom. The number of benzene rings is 1. The lowest BCUT2D eigenvalue weighted by atomic mass is 9.87. The molecule has 1 amide bonds. The van der Waals surface area contributed by atoms with Gasteiger partial charge in [-0.2, -0.15) is 0 Å². The molecule has 1 fully saturated rings. The summed E-state index contributed by atoms with van der Waals surface area (Å²) in [5, 5.41) is 3.30. The first-order valence-corrected chi connectivity index (χ1v) is 6.50. The van der Waals surface area contributed by atoms with Gasteiger partial charge in [-0.15, -0.1) is 0 Å². The van der Waals surface area contributed by atoms with Crippen molar-refractivity contribution in [1.82, 2.24) is 10.2 Å². The lowest BCUT2D eigenvalue weighted by Gasteiger charge is -2.34. The van der Waals surface area contributed by atoms with Gasteiger partial charge in [0.15, 0.2) is 0 Å². The van der Waals surface area contributed by atoms with E-state index in [-0.39, 0.29) is 23.4 Å². The number of rotatable bonds is 2. The van der Waals surface area contributed by atoms with Gasteiger partial charge < -0.3 is 4.90 Å². The van der Waals surface area contributed by atoms with E-state index in [4.69, 9.17) is 0 Å². The van der Waals surface area contributed by atoms with E-state index in [9.17, 15) is 4.79 Å². The van der Waals surface area contributed by atoms with Gasteiger partial charge in [-0.1, -0.05) is 51.1 Å². The fourth-order valence-electron chi connectivity index (χ4n) is 2.22. The van der Waals surface area contributed by atoms with E-state index in [1.54, 1.807) is 0 Å². The summed E-state index contributed by atoms with van der Waals surface area (Å²) in [6.07, 6.45) is 0. The number of carbonyl (C=O) groups is 1. The number of hydrogen-bond acceptors (Lipinski definition) is 2. The van der Waals surface area contributed by atoms with Crippen LogP contribution in [0.4, 0.5) is 0 Å². The highest BCUT2D eigenvalue weighted by Gasteiger charge is 2.38.